The number of rotatable bonds is 3. The van der Waals surface area contributed by atoms with E-state index in [2.05, 4.69) is 104 Å². The Kier molecular flexibility index (Phi) is 11.8. The van der Waals surface area contributed by atoms with Crippen molar-refractivity contribution >= 4 is 0 Å². The van der Waals surface area contributed by atoms with Crippen LogP contribution in [-0.4, -0.2) is 0 Å². The highest BCUT2D eigenvalue weighted by Gasteiger charge is 2.22. The van der Waals surface area contributed by atoms with Crippen molar-refractivity contribution in [2.45, 2.75) is 74.7 Å². The fourth-order valence-electron chi connectivity index (χ4n) is 1.87. The van der Waals surface area contributed by atoms with Crippen LogP contribution in [0, 0.1) is 5.41 Å². The van der Waals surface area contributed by atoms with Gasteiger partial charge >= 0.3 is 0 Å². The van der Waals surface area contributed by atoms with E-state index >= 15 is 0 Å². The van der Waals surface area contributed by atoms with Crippen LogP contribution in [0.2, 0.25) is 0 Å². The molecule has 0 spiro atoms. The molecular weight excluding hydrogens is 264 g/mol. The molecule has 1 rings (SSSR count). The highest BCUT2D eigenvalue weighted by Crippen LogP contribution is 2.31. The van der Waals surface area contributed by atoms with Crippen LogP contribution in [0.25, 0.3) is 0 Å². The SMILES string of the molecule is C/C=C\C(=C/C)C(C)(C)c1ccccc1.CC.CC(C)(C)C. The lowest BCUT2D eigenvalue weighted by atomic mass is 9.77. The molecule has 0 aliphatic carbocycles. The van der Waals surface area contributed by atoms with E-state index < -0.39 is 0 Å². The van der Waals surface area contributed by atoms with Gasteiger partial charge in [-0.3, -0.25) is 0 Å². The molecular formula is C22H38. The highest BCUT2D eigenvalue weighted by molar-refractivity contribution is 5.39. The van der Waals surface area contributed by atoms with Crippen LogP contribution in [0.1, 0.15) is 74.8 Å². The Hall–Kier alpha value is -1.30. The summed E-state index contributed by atoms with van der Waals surface area (Å²) in [5.74, 6) is 0. The van der Waals surface area contributed by atoms with Gasteiger partial charge < -0.3 is 0 Å². The molecule has 0 heterocycles. The van der Waals surface area contributed by atoms with Crippen LogP contribution < -0.4 is 0 Å². The van der Waals surface area contributed by atoms with Gasteiger partial charge in [-0.15, -0.1) is 0 Å². The van der Waals surface area contributed by atoms with Crippen LogP contribution in [0.5, 0.6) is 0 Å². The van der Waals surface area contributed by atoms with E-state index in [0.717, 1.165) is 0 Å². The van der Waals surface area contributed by atoms with Crippen LogP contribution in [0.3, 0.4) is 0 Å². The van der Waals surface area contributed by atoms with E-state index in [1.165, 1.54) is 11.1 Å². The van der Waals surface area contributed by atoms with Crippen molar-refractivity contribution < 1.29 is 0 Å². The number of allylic oxidation sites excluding steroid dienone is 4. The van der Waals surface area contributed by atoms with Crippen LogP contribution in [0.4, 0.5) is 0 Å². The summed E-state index contributed by atoms with van der Waals surface area (Å²) >= 11 is 0. The fourth-order valence-corrected chi connectivity index (χ4v) is 1.87. The Labute approximate surface area is 140 Å². The zero-order valence-electron chi connectivity index (χ0n) is 16.6. The van der Waals surface area contributed by atoms with E-state index in [0.29, 0.717) is 5.41 Å². The minimum absolute atomic E-state index is 0.0858. The average molecular weight is 303 g/mol. The summed E-state index contributed by atoms with van der Waals surface area (Å²) in [4.78, 5) is 0. The Balaban J connectivity index is 0. The van der Waals surface area contributed by atoms with Gasteiger partial charge in [-0.05, 0) is 30.4 Å². The molecule has 22 heavy (non-hydrogen) atoms. The largest absolute Gasteiger partial charge is 0.0874 e. The van der Waals surface area contributed by atoms with Gasteiger partial charge in [0.1, 0.15) is 0 Å². The van der Waals surface area contributed by atoms with Gasteiger partial charge in [0.2, 0.25) is 0 Å². The van der Waals surface area contributed by atoms with Gasteiger partial charge in [0.25, 0.3) is 0 Å². The first kappa shape index (κ1) is 23.0. The van der Waals surface area contributed by atoms with Crippen molar-refractivity contribution in [2.24, 2.45) is 5.41 Å². The normalized spacial score (nSPS) is 12.2. The molecule has 0 radical (unpaired) electrons. The molecule has 0 fully saturated rings. The molecule has 0 aromatic heterocycles. The zero-order valence-corrected chi connectivity index (χ0v) is 16.6. The number of hydrogen-bond donors (Lipinski definition) is 0. The van der Waals surface area contributed by atoms with Gasteiger partial charge in [0.15, 0.2) is 0 Å². The standard InChI is InChI=1S/C15H20.C5H12.C2H6/c1-5-10-13(6-2)15(3,4)14-11-8-7-9-12-14;1-5(2,3)4;1-2/h5-12H,1-4H3;1-4H3;1-2H3/b10-5-,13-6+;;. The summed E-state index contributed by atoms with van der Waals surface area (Å²) in [5.41, 5.74) is 3.30. The van der Waals surface area contributed by atoms with E-state index in [1.54, 1.807) is 0 Å². The molecule has 0 heteroatoms. The maximum absolute atomic E-state index is 2.26. The van der Waals surface area contributed by atoms with Crippen molar-refractivity contribution in [3.63, 3.8) is 0 Å². The maximum Gasteiger partial charge on any atom is 0.0143 e. The van der Waals surface area contributed by atoms with Gasteiger partial charge in [0, 0.05) is 5.41 Å². The van der Waals surface area contributed by atoms with Gasteiger partial charge in [-0.25, -0.2) is 0 Å². The minimum Gasteiger partial charge on any atom is -0.0874 e. The lowest BCUT2D eigenvalue weighted by Crippen LogP contribution is -2.19. The van der Waals surface area contributed by atoms with Crippen molar-refractivity contribution in [2.75, 3.05) is 0 Å². The van der Waals surface area contributed by atoms with Crippen LogP contribution >= 0.6 is 0 Å². The Morgan fingerprint density at radius 3 is 1.55 bits per heavy atom. The molecule has 0 atom stereocenters. The zero-order chi connectivity index (χ0) is 17.8. The molecule has 0 saturated heterocycles. The topological polar surface area (TPSA) is 0 Å². The van der Waals surface area contributed by atoms with Crippen molar-refractivity contribution in [3.8, 4) is 0 Å². The minimum atomic E-state index is 0.0858. The number of hydrogen-bond acceptors (Lipinski definition) is 0. The molecule has 1 aromatic rings. The molecule has 126 valence electrons. The first-order valence-corrected chi connectivity index (χ1v) is 8.48. The monoisotopic (exact) mass is 302 g/mol. The highest BCUT2D eigenvalue weighted by atomic mass is 14.3. The van der Waals surface area contributed by atoms with E-state index in [4.69, 9.17) is 0 Å². The molecule has 0 aliphatic heterocycles. The summed E-state index contributed by atoms with van der Waals surface area (Å²) in [7, 11) is 0. The maximum atomic E-state index is 2.26. The summed E-state index contributed by atoms with van der Waals surface area (Å²) < 4.78 is 0. The molecule has 0 aliphatic rings. The van der Waals surface area contributed by atoms with Gasteiger partial charge in [-0.2, -0.15) is 0 Å². The Morgan fingerprint density at radius 1 is 0.818 bits per heavy atom. The molecule has 0 amide bonds. The smallest absolute Gasteiger partial charge is 0.0143 e. The van der Waals surface area contributed by atoms with Crippen LogP contribution in [0.15, 0.2) is 54.1 Å². The Bertz CT molecular complexity index is 419. The van der Waals surface area contributed by atoms with Crippen molar-refractivity contribution in [1.29, 1.82) is 0 Å². The predicted molar refractivity (Wildman–Crippen MR) is 105 cm³/mol. The first-order valence-electron chi connectivity index (χ1n) is 8.48. The third-order valence-corrected chi connectivity index (χ3v) is 2.87. The Morgan fingerprint density at radius 2 is 1.23 bits per heavy atom. The quantitative estimate of drug-likeness (QED) is 0.505. The second kappa shape index (κ2) is 11.3. The van der Waals surface area contributed by atoms with E-state index in [1.807, 2.05) is 13.8 Å². The summed E-state index contributed by atoms with van der Waals surface area (Å²) in [6.45, 7) is 21.4. The molecule has 0 nitrogen and oxygen atoms in total. The third-order valence-electron chi connectivity index (χ3n) is 2.87. The summed E-state index contributed by atoms with van der Waals surface area (Å²) in [6, 6.07) is 10.6. The fraction of sp³-hybridized carbons (Fsp3) is 0.545. The molecule has 1 aromatic carbocycles. The number of benzene rings is 1. The van der Waals surface area contributed by atoms with E-state index in [-0.39, 0.29) is 5.41 Å². The van der Waals surface area contributed by atoms with E-state index in [9.17, 15) is 0 Å². The lowest BCUT2D eigenvalue weighted by Gasteiger charge is -2.27. The van der Waals surface area contributed by atoms with Gasteiger partial charge in [-0.1, -0.05) is 104 Å². The average Bonchev–Trinajstić information content (AvgIpc) is 2.46. The molecule has 0 unspecified atom stereocenters. The van der Waals surface area contributed by atoms with Crippen LogP contribution in [-0.2, 0) is 5.41 Å². The van der Waals surface area contributed by atoms with Gasteiger partial charge in [0.05, 0.1) is 0 Å². The summed E-state index contributed by atoms with van der Waals surface area (Å²) in [5, 5.41) is 0. The molecule has 0 N–H and O–H groups in total. The molecule has 0 saturated carbocycles. The van der Waals surface area contributed by atoms with Crippen molar-refractivity contribution in [1.82, 2.24) is 0 Å². The second-order valence-corrected chi connectivity index (χ2v) is 7.24. The second-order valence-electron chi connectivity index (χ2n) is 7.24. The lowest BCUT2D eigenvalue weighted by molar-refractivity contribution is 0.469. The first-order chi connectivity index (χ1) is 10.1. The van der Waals surface area contributed by atoms with Crippen molar-refractivity contribution in [3.05, 3.63) is 59.7 Å². The third kappa shape index (κ3) is 10.4. The summed E-state index contributed by atoms with van der Waals surface area (Å²) in [6.07, 6.45) is 6.47. The molecule has 0 bridgehead atoms. The predicted octanol–water partition coefficient (Wildman–Crippen LogP) is 7.57.